The van der Waals surface area contributed by atoms with Crippen molar-refractivity contribution in [2.24, 2.45) is 7.05 Å². The fraction of sp³-hybridized carbons (Fsp3) is 0.238. The Morgan fingerprint density at radius 3 is 2.71 bits per heavy atom. The summed E-state index contributed by atoms with van der Waals surface area (Å²) in [4.78, 5) is 4.64. The minimum Gasteiger partial charge on any atom is -0.453 e. The van der Waals surface area contributed by atoms with E-state index in [0.717, 1.165) is 38.9 Å². The van der Waals surface area contributed by atoms with Crippen molar-refractivity contribution < 1.29 is 8.98 Å². The summed E-state index contributed by atoms with van der Waals surface area (Å²) in [7, 11) is 2.08. The third-order valence-electron chi connectivity index (χ3n) is 4.67. The first-order chi connectivity index (χ1) is 11.6. The maximum absolute atomic E-state index is 6.20. The van der Waals surface area contributed by atoms with Gasteiger partial charge in [-0.25, -0.2) is 4.57 Å². The van der Waals surface area contributed by atoms with Crippen LogP contribution < -0.4 is 4.57 Å². The van der Waals surface area contributed by atoms with Crippen molar-refractivity contribution in [2.75, 3.05) is 0 Å². The molecule has 0 fully saturated rings. The highest BCUT2D eigenvalue weighted by atomic mass is 16.3. The SMILES string of the molecule is Cc1cnc2c(oc3ccccc32)c1-c1cc(C(C)C)cc[n+]1C. The van der Waals surface area contributed by atoms with Gasteiger partial charge in [0.05, 0.1) is 5.56 Å². The summed E-state index contributed by atoms with van der Waals surface area (Å²) in [5.74, 6) is 0.484. The number of hydrogen-bond donors (Lipinski definition) is 0. The van der Waals surface area contributed by atoms with Gasteiger partial charge in [-0.15, -0.1) is 0 Å². The molecule has 1 aromatic carbocycles. The molecule has 0 radical (unpaired) electrons. The van der Waals surface area contributed by atoms with E-state index in [1.807, 2.05) is 24.4 Å². The van der Waals surface area contributed by atoms with E-state index in [-0.39, 0.29) is 0 Å². The second-order valence-corrected chi connectivity index (χ2v) is 6.70. The van der Waals surface area contributed by atoms with Crippen molar-refractivity contribution in [2.45, 2.75) is 26.7 Å². The average Bonchev–Trinajstić information content (AvgIpc) is 2.94. The van der Waals surface area contributed by atoms with E-state index < -0.39 is 0 Å². The van der Waals surface area contributed by atoms with Gasteiger partial charge in [0.25, 0.3) is 0 Å². The highest BCUT2D eigenvalue weighted by Crippen LogP contribution is 2.35. The van der Waals surface area contributed by atoms with E-state index in [9.17, 15) is 0 Å². The molecule has 3 heteroatoms. The molecule has 0 saturated carbocycles. The van der Waals surface area contributed by atoms with Crippen LogP contribution in [0.15, 0.2) is 53.2 Å². The van der Waals surface area contributed by atoms with Gasteiger partial charge in [0.2, 0.25) is 5.69 Å². The number of aromatic nitrogens is 2. The molecule has 0 unspecified atom stereocenters. The second-order valence-electron chi connectivity index (χ2n) is 6.70. The smallest absolute Gasteiger partial charge is 0.216 e. The van der Waals surface area contributed by atoms with Crippen LogP contribution >= 0.6 is 0 Å². The minimum absolute atomic E-state index is 0.484. The maximum Gasteiger partial charge on any atom is 0.216 e. The van der Waals surface area contributed by atoms with Crippen LogP contribution in [0, 0.1) is 6.92 Å². The van der Waals surface area contributed by atoms with Crippen molar-refractivity contribution in [1.29, 1.82) is 0 Å². The number of furan rings is 1. The van der Waals surface area contributed by atoms with Crippen molar-refractivity contribution in [3.05, 3.63) is 59.9 Å². The van der Waals surface area contributed by atoms with Crippen LogP contribution in [0.1, 0.15) is 30.9 Å². The summed E-state index contributed by atoms with van der Waals surface area (Å²) in [6, 6.07) is 12.5. The van der Waals surface area contributed by atoms with E-state index >= 15 is 0 Å². The fourth-order valence-corrected chi connectivity index (χ4v) is 3.25. The zero-order valence-corrected chi connectivity index (χ0v) is 14.5. The van der Waals surface area contributed by atoms with E-state index in [4.69, 9.17) is 4.42 Å². The van der Waals surface area contributed by atoms with Gasteiger partial charge < -0.3 is 4.42 Å². The largest absolute Gasteiger partial charge is 0.453 e. The number of fused-ring (bicyclic) bond motifs is 3. The van der Waals surface area contributed by atoms with Gasteiger partial charge in [0, 0.05) is 23.7 Å². The highest BCUT2D eigenvalue weighted by Gasteiger charge is 2.22. The zero-order valence-electron chi connectivity index (χ0n) is 14.5. The average molecular weight is 317 g/mol. The molecule has 3 heterocycles. The van der Waals surface area contributed by atoms with Gasteiger partial charge >= 0.3 is 0 Å². The quantitative estimate of drug-likeness (QED) is 0.492. The van der Waals surface area contributed by atoms with Crippen LogP contribution in [0.25, 0.3) is 33.3 Å². The zero-order chi connectivity index (χ0) is 16.8. The predicted molar refractivity (Wildman–Crippen MR) is 97.0 cm³/mol. The molecular formula is C21H21N2O+. The number of para-hydroxylation sites is 1. The fourth-order valence-electron chi connectivity index (χ4n) is 3.25. The van der Waals surface area contributed by atoms with Crippen LogP contribution in [0.5, 0.6) is 0 Å². The lowest BCUT2D eigenvalue weighted by atomic mass is 9.99. The van der Waals surface area contributed by atoms with Crippen molar-refractivity contribution in [3.8, 4) is 11.3 Å². The van der Waals surface area contributed by atoms with Crippen molar-refractivity contribution >= 4 is 22.1 Å². The molecule has 24 heavy (non-hydrogen) atoms. The first-order valence-electron chi connectivity index (χ1n) is 8.33. The van der Waals surface area contributed by atoms with Crippen LogP contribution in [-0.4, -0.2) is 4.98 Å². The lowest BCUT2D eigenvalue weighted by Crippen LogP contribution is -2.31. The first kappa shape index (κ1) is 14.9. The predicted octanol–water partition coefficient (Wildman–Crippen LogP) is 4.90. The molecule has 0 N–H and O–H groups in total. The van der Waals surface area contributed by atoms with Crippen molar-refractivity contribution in [3.63, 3.8) is 0 Å². The maximum atomic E-state index is 6.20. The Hall–Kier alpha value is -2.68. The molecule has 0 amide bonds. The Morgan fingerprint density at radius 1 is 1.12 bits per heavy atom. The molecule has 120 valence electrons. The normalized spacial score (nSPS) is 11.7. The molecule has 0 aliphatic carbocycles. The molecule has 0 spiro atoms. The van der Waals surface area contributed by atoms with Crippen LogP contribution in [-0.2, 0) is 7.05 Å². The topological polar surface area (TPSA) is 29.9 Å². The molecule has 3 nitrogen and oxygen atoms in total. The van der Waals surface area contributed by atoms with Gasteiger partial charge in [0.1, 0.15) is 18.1 Å². The summed E-state index contributed by atoms with van der Waals surface area (Å²) >= 11 is 0. The number of benzene rings is 1. The van der Waals surface area contributed by atoms with E-state index in [2.05, 4.69) is 61.8 Å². The van der Waals surface area contributed by atoms with Gasteiger partial charge in [-0.05, 0) is 36.1 Å². The Labute approximate surface area is 141 Å². The molecule has 0 bridgehead atoms. The van der Waals surface area contributed by atoms with E-state index in [0.29, 0.717) is 5.92 Å². The summed E-state index contributed by atoms with van der Waals surface area (Å²) in [6.07, 6.45) is 4.07. The summed E-state index contributed by atoms with van der Waals surface area (Å²) in [5.41, 5.74) is 7.41. The Balaban J connectivity index is 2.10. The molecular weight excluding hydrogens is 296 g/mol. The van der Waals surface area contributed by atoms with Gasteiger partial charge in [-0.2, -0.15) is 0 Å². The standard InChI is InChI=1S/C21H21N2O/c1-13(2)15-9-10-23(4)17(11-15)19-14(3)12-22-20-16-7-5-6-8-18(16)24-21(19)20/h5-13H,1-4H3/q+1. The van der Waals surface area contributed by atoms with Crippen molar-refractivity contribution in [1.82, 2.24) is 4.98 Å². The third kappa shape index (κ3) is 2.20. The van der Waals surface area contributed by atoms with E-state index in [1.165, 1.54) is 5.56 Å². The molecule has 3 aromatic heterocycles. The van der Waals surface area contributed by atoms with Crippen LogP contribution in [0.3, 0.4) is 0 Å². The number of pyridine rings is 2. The summed E-state index contributed by atoms with van der Waals surface area (Å²) in [6.45, 7) is 6.53. The Bertz CT molecular complexity index is 1060. The minimum atomic E-state index is 0.484. The Kier molecular flexibility index (Phi) is 3.38. The number of nitrogens with zero attached hydrogens (tertiary/aromatic N) is 2. The number of hydrogen-bond acceptors (Lipinski definition) is 2. The molecule has 0 saturated heterocycles. The Morgan fingerprint density at radius 2 is 1.92 bits per heavy atom. The lowest BCUT2D eigenvalue weighted by molar-refractivity contribution is -0.660. The molecule has 0 aliphatic heterocycles. The van der Waals surface area contributed by atoms with Crippen LogP contribution in [0.2, 0.25) is 0 Å². The van der Waals surface area contributed by atoms with Crippen LogP contribution in [0.4, 0.5) is 0 Å². The highest BCUT2D eigenvalue weighted by molar-refractivity contribution is 6.07. The molecule has 0 atom stereocenters. The summed E-state index contributed by atoms with van der Waals surface area (Å²) < 4.78 is 8.35. The number of aryl methyl sites for hydroxylation is 2. The third-order valence-corrected chi connectivity index (χ3v) is 4.67. The molecule has 0 aliphatic rings. The monoisotopic (exact) mass is 317 g/mol. The first-order valence-corrected chi connectivity index (χ1v) is 8.33. The summed E-state index contributed by atoms with van der Waals surface area (Å²) in [5, 5.41) is 1.07. The second kappa shape index (κ2) is 5.45. The molecule has 4 rings (SSSR count). The van der Waals surface area contributed by atoms with Gasteiger partial charge in [-0.1, -0.05) is 26.0 Å². The number of rotatable bonds is 2. The van der Waals surface area contributed by atoms with E-state index in [1.54, 1.807) is 0 Å². The van der Waals surface area contributed by atoms with Gasteiger partial charge in [-0.3, -0.25) is 4.98 Å². The molecule has 4 aromatic rings. The lowest BCUT2D eigenvalue weighted by Gasteiger charge is -2.09. The van der Waals surface area contributed by atoms with Gasteiger partial charge in [0.15, 0.2) is 11.8 Å².